The maximum Gasteiger partial charge on any atom is 0.261 e. The summed E-state index contributed by atoms with van der Waals surface area (Å²) in [5.74, 6) is 0.893. The van der Waals surface area contributed by atoms with Crippen molar-refractivity contribution >= 4 is 23.1 Å². The predicted molar refractivity (Wildman–Crippen MR) is 114 cm³/mol. The van der Waals surface area contributed by atoms with Crippen molar-refractivity contribution in [3.05, 3.63) is 36.4 Å². The fraction of sp³-hybridized carbons (Fsp3) is 0.524. The molecule has 0 radical (unpaired) electrons. The Morgan fingerprint density at radius 3 is 2.81 bits per heavy atom. The Morgan fingerprint density at radius 1 is 1.23 bits per heavy atom. The van der Waals surface area contributed by atoms with Gasteiger partial charge in [-0.25, -0.2) is 9.50 Å². The van der Waals surface area contributed by atoms with E-state index in [1.165, 1.54) is 6.20 Å². The fourth-order valence-electron chi connectivity index (χ4n) is 4.44. The van der Waals surface area contributed by atoms with Crippen molar-refractivity contribution in [1.29, 1.82) is 0 Å². The number of carbonyl (C=O) groups excluding carboxylic acids is 1. The Labute approximate surface area is 179 Å². The van der Waals surface area contributed by atoms with E-state index in [-0.39, 0.29) is 18.6 Å². The van der Waals surface area contributed by atoms with Crippen LogP contribution < -0.4 is 10.2 Å². The topological polar surface area (TPSA) is 110 Å². The maximum atomic E-state index is 13.1. The van der Waals surface area contributed by atoms with Crippen molar-refractivity contribution in [2.24, 2.45) is 5.92 Å². The van der Waals surface area contributed by atoms with E-state index in [2.05, 4.69) is 20.3 Å². The van der Waals surface area contributed by atoms with Gasteiger partial charge in [-0.05, 0) is 37.7 Å². The number of aliphatic hydroxyl groups is 1. The van der Waals surface area contributed by atoms with Gasteiger partial charge >= 0.3 is 0 Å². The molecule has 1 aliphatic heterocycles. The highest BCUT2D eigenvalue weighted by Crippen LogP contribution is 2.35. The summed E-state index contributed by atoms with van der Waals surface area (Å²) < 4.78 is 9.06. The molecule has 0 aromatic carbocycles. The number of morpholine rings is 1. The Morgan fingerprint density at radius 2 is 2.03 bits per heavy atom. The zero-order valence-electron chi connectivity index (χ0n) is 17.4. The quantitative estimate of drug-likeness (QED) is 0.641. The number of aromatic nitrogens is 5. The van der Waals surface area contributed by atoms with E-state index < -0.39 is 0 Å². The molecule has 1 saturated heterocycles. The number of hydrogen-bond acceptors (Lipinski definition) is 7. The second kappa shape index (κ2) is 8.64. The van der Waals surface area contributed by atoms with Crippen LogP contribution in [-0.4, -0.2) is 68.3 Å². The summed E-state index contributed by atoms with van der Waals surface area (Å²) in [5, 5.41) is 21.6. The monoisotopic (exact) mass is 425 g/mol. The smallest absolute Gasteiger partial charge is 0.261 e. The molecule has 3 aromatic rings. The average molecular weight is 425 g/mol. The molecule has 2 aliphatic rings. The molecule has 0 spiro atoms. The molecule has 31 heavy (non-hydrogen) atoms. The van der Waals surface area contributed by atoms with Crippen LogP contribution in [0.1, 0.15) is 42.1 Å². The summed E-state index contributed by atoms with van der Waals surface area (Å²) in [5.41, 5.74) is 1.62. The SMILES string of the molecule is O=C(Nc1cn([C@H]2CC[C@H](CO)CC2)nc1N1CCOCC1)c1cnn2cccnc12. The summed E-state index contributed by atoms with van der Waals surface area (Å²) in [7, 11) is 0. The molecule has 3 aromatic heterocycles. The lowest BCUT2D eigenvalue weighted by molar-refractivity contribution is 0.102. The van der Waals surface area contributed by atoms with Crippen molar-refractivity contribution in [2.75, 3.05) is 43.1 Å². The van der Waals surface area contributed by atoms with Crippen molar-refractivity contribution in [3.63, 3.8) is 0 Å². The molecule has 5 rings (SSSR count). The van der Waals surface area contributed by atoms with E-state index >= 15 is 0 Å². The molecule has 1 aliphatic carbocycles. The highest BCUT2D eigenvalue weighted by atomic mass is 16.5. The average Bonchev–Trinajstić information content (AvgIpc) is 3.44. The van der Waals surface area contributed by atoms with Gasteiger partial charge in [-0.3, -0.25) is 9.48 Å². The van der Waals surface area contributed by atoms with Crippen LogP contribution in [0.2, 0.25) is 0 Å². The van der Waals surface area contributed by atoms with Crippen molar-refractivity contribution in [2.45, 2.75) is 31.7 Å². The number of nitrogens with one attached hydrogen (secondary N) is 1. The minimum atomic E-state index is -0.258. The first-order valence-electron chi connectivity index (χ1n) is 10.9. The third kappa shape index (κ3) is 4.00. The van der Waals surface area contributed by atoms with Gasteiger partial charge in [-0.2, -0.15) is 10.2 Å². The number of hydrogen-bond donors (Lipinski definition) is 2. The molecule has 164 valence electrons. The molecule has 1 saturated carbocycles. The molecular formula is C21H27N7O3. The minimum absolute atomic E-state index is 0.250. The van der Waals surface area contributed by atoms with Gasteiger partial charge in [0.25, 0.3) is 5.91 Å². The van der Waals surface area contributed by atoms with Crippen LogP contribution >= 0.6 is 0 Å². The van der Waals surface area contributed by atoms with Crippen molar-refractivity contribution in [3.8, 4) is 0 Å². The molecule has 2 fully saturated rings. The molecule has 4 heterocycles. The Hall–Kier alpha value is -2.98. The highest BCUT2D eigenvalue weighted by Gasteiger charge is 2.27. The number of amides is 1. The lowest BCUT2D eigenvalue weighted by Crippen LogP contribution is -2.37. The predicted octanol–water partition coefficient (Wildman–Crippen LogP) is 1.74. The number of rotatable bonds is 5. The summed E-state index contributed by atoms with van der Waals surface area (Å²) in [4.78, 5) is 19.5. The molecule has 2 N–H and O–H groups in total. The number of aliphatic hydroxyl groups excluding tert-OH is 1. The van der Waals surface area contributed by atoms with E-state index in [0.717, 1.165) is 44.6 Å². The molecule has 10 nitrogen and oxygen atoms in total. The van der Waals surface area contributed by atoms with Gasteiger partial charge in [-0.15, -0.1) is 0 Å². The molecule has 0 atom stereocenters. The van der Waals surface area contributed by atoms with Crippen LogP contribution in [0.15, 0.2) is 30.9 Å². The molecule has 1 amide bonds. The fourth-order valence-corrected chi connectivity index (χ4v) is 4.44. The van der Waals surface area contributed by atoms with Crippen LogP contribution in [0.5, 0.6) is 0 Å². The second-order valence-electron chi connectivity index (χ2n) is 8.20. The Kier molecular flexibility index (Phi) is 5.56. The van der Waals surface area contributed by atoms with Gasteiger partial charge in [0.05, 0.1) is 31.6 Å². The summed E-state index contributed by atoms with van der Waals surface area (Å²) >= 11 is 0. The van der Waals surface area contributed by atoms with Crippen LogP contribution in [-0.2, 0) is 4.74 Å². The molecule has 0 unspecified atom stereocenters. The minimum Gasteiger partial charge on any atom is -0.396 e. The van der Waals surface area contributed by atoms with Crippen LogP contribution in [0.3, 0.4) is 0 Å². The Bertz CT molecular complexity index is 1050. The van der Waals surface area contributed by atoms with Gasteiger partial charge in [0.1, 0.15) is 11.3 Å². The van der Waals surface area contributed by atoms with Crippen LogP contribution in [0, 0.1) is 5.92 Å². The van der Waals surface area contributed by atoms with E-state index in [1.54, 1.807) is 23.0 Å². The van der Waals surface area contributed by atoms with Crippen molar-refractivity contribution < 1.29 is 14.6 Å². The lowest BCUT2D eigenvalue weighted by Gasteiger charge is -2.28. The number of nitrogens with zero attached hydrogens (tertiary/aromatic N) is 6. The van der Waals surface area contributed by atoms with Gasteiger partial charge in [0.15, 0.2) is 11.5 Å². The second-order valence-corrected chi connectivity index (χ2v) is 8.20. The van der Waals surface area contributed by atoms with Gasteiger partial charge in [-0.1, -0.05) is 0 Å². The highest BCUT2D eigenvalue weighted by molar-refractivity contribution is 6.09. The van der Waals surface area contributed by atoms with Gasteiger partial charge < -0.3 is 20.1 Å². The van der Waals surface area contributed by atoms with E-state index in [4.69, 9.17) is 9.84 Å². The number of carbonyl (C=O) groups is 1. The standard InChI is InChI=1S/C21H27N7O3/c29-14-15-2-4-16(5-3-15)28-13-18(20(25-28)26-8-10-31-11-9-26)24-21(30)17-12-23-27-7-1-6-22-19(17)27/h1,6-7,12-13,15-16,29H,2-5,8-11,14H2,(H,24,30)/t15-,16-. The first kappa shape index (κ1) is 20.0. The normalized spacial score (nSPS) is 22.0. The maximum absolute atomic E-state index is 13.1. The largest absolute Gasteiger partial charge is 0.396 e. The van der Waals surface area contributed by atoms with Gasteiger partial charge in [0, 0.05) is 32.1 Å². The first-order valence-corrected chi connectivity index (χ1v) is 10.9. The van der Waals surface area contributed by atoms with E-state index in [9.17, 15) is 9.90 Å². The zero-order valence-corrected chi connectivity index (χ0v) is 17.4. The Balaban J connectivity index is 1.42. The number of ether oxygens (including phenoxy) is 1. The summed E-state index contributed by atoms with van der Waals surface area (Å²) in [6, 6.07) is 2.04. The summed E-state index contributed by atoms with van der Waals surface area (Å²) in [6.07, 6.45) is 10.8. The molecule has 10 heteroatoms. The third-order valence-electron chi connectivity index (χ3n) is 6.24. The van der Waals surface area contributed by atoms with Crippen LogP contribution in [0.4, 0.5) is 11.5 Å². The lowest BCUT2D eigenvalue weighted by atomic mass is 9.87. The van der Waals surface area contributed by atoms with Crippen LogP contribution in [0.25, 0.3) is 5.65 Å². The first-order chi connectivity index (χ1) is 15.2. The zero-order chi connectivity index (χ0) is 21.2. The number of anilines is 2. The number of fused-ring (bicyclic) bond motifs is 1. The van der Waals surface area contributed by atoms with Crippen molar-refractivity contribution in [1.82, 2.24) is 24.4 Å². The molecular weight excluding hydrogens is 398 g/mol. The third-order valence-corrected chi connectivity index (χ3v) is 6.24. The van der Waals surface area contributed by atoms with E-state index in [1.807, 2.05) is 10.9 Å². The van der Waals surface area contributed by atoms with Gasteiger partial charge in [0.2, 0.25) is 0 Å². The van der Waals surface area contributed by atoms with E-state index in [0.29, 0.717) is 36.0 Å². The molecule has 0 bridgehead atoms. The summed E-state index contributed by atoms with van der Waals surface area (Å²) in [6.45, 7) is 2.99.